The monoisotopic (exact) mass is 407 g/mol. The molecule has 0 aliphatic carbocycles. The quantitative estimate of drug-likeness (QED) is 0.699. The van der Waals surface area contributed by atoms with Crippen molar-refractivity contribution in [3.8, 4) is 5.75 Å². The zero-order chi connectivity index (χ0) is 20.8. The Morgan fingerprint density at radius 3 is 2.67 bits per heavy atom. The molecule has 2 amide bonds. The number of anilines is 2. The zero-order valence-electron chi connectivity index (χ0n) is 17.2. The Morgan fingerprint density at radius 1 is 1.10 bits per heavy atom. The van der Waals surface area contributed by atoms with Crippen molar-refractivity contribution in [1.82, 2.24) is 19.8 Å². The molecule has 30 heavy (non-hydrogen) atoms. The minimum absolute atomic E-state index is 0.0264. The van der Waals surface area contributed by atoms with Gasteiger partial charge in [-0.05, 0) is 31.0 Å². The van der Waals surface area contributed by atoms with E-state index in [2.05, 4.69) is 21.3 Å². The first-order valence-corrected chi connectivity index (χ1v) is 10.3. The van der Waals surface area contributed by atoms with Crippen LogP contribution in [0.1, 0.15) is 33.8 Å². The number of rotatable bonds is 3. The van der Waals surface area contributed by atoms with Crippen LogP contribution >= 0.6 is 0 Å². The van der Waals surface area contributed by atoms with Crippen LogP contribution in [-0.2, 0) is 7.05 Å². The highest BCUT2D eigenvalue weighted by Gasteiger charge is 2.28. The Morgan fingerprint density at radius 2 is 1.90 bits per heavy atom. The summed E-state index contributed by atoms with van der Waals surface area (Å²) in [6, 6.07) is 9.83. The first-order chi connectivity index (χ1) is 14.6. The van der Waals surface area contributed by atoms with Gasteiger partial charge in [-0.2, -0.15) is 0 Å². The van der Waals surface area contributed by atoms with E-state index in [-0.39, 0.29) is 11.8 Å². The molecule has 4 heterocycles. The molecule has 0 atom stereocenters. The Bertz CT molecular complexity index is 1140. The number of ether oxygens (including phenoxy) is 1. The molecule has 1 saturated heterocycles. The molecule has 8 nitrogen and oxygen atoms in total. The van der Waals surface area contributed by atoms with E-state index in [1.54, 1.807) is 7.05 Å². The van der Waals surface area contributed by atoms with Crippen LogP contribution in [0, 0.1) is 0 Å². The summed E-state index contributed by atoms with van der Waals surface area (Å²) in [7, 11) is 3.52. The van der Waals surface area contributed by atoms with E-state index < -0.39 is 0 Å². The number of likely N-dealkylation sites (tertiary alicyclic amines) is 1. The molecule has 0 radical (unpaired) electrons. The Labute approximate surface area is 174 Å². The average molecular weight is 407 g/mol. The van der Waals surface area contributed by atoms with Crippen molar-refractivity contribution in [2.45, 2.75) is 12.8 Å². The lowest BCUT2D eigenvalue weighted by Gasteiger charge is -2.28. The van der Waals surface area contributed by atoms with Gasteiger partial charge in [-0.1, -0.05) is 6.07 Å². The van der Waals surface area contributed by atoms with Crippen LogP contribution in [0.4, 0.5) is 11.5 Å². The fourth-order valence-electron chi connectivity index (χ4n) is 4.39. The van der Waals surface area contributed by atoms with Crippen molar-refractivity contribution in [3.63, 3.8) is 0 Å². The molecule has 2 N–H and O–H groups in total. The molecule has 2 aliphatic heterocycles. The van der Waals surface area contributed by atoms with Crippen molar-refractivity contribution < 1.29 is 14.3 Å². The second-order valence-electron chi connectivity index (χ2n) is 7.81. The highest BCUT2D eigenvalue weighted by atomic mass is 16.5. The SMILES string of the molecule is CNC(=O)c1cc2ccc(N3CCOc4cc(C(=O)N5CCCC5)[nH]c43)cc2n1C. The number of amides is 2. The van der Waals surface area contributed by atoms with E-state index in [1.807, 2.05) is 40.8 Å². The van der Waals surface area contributed by atoms with E-state index in [4.69, 9.17) is 4.74 Å². The Kier molecular flexibility index (Phi) is 4.42. The standard InChI is InChI=1S/C22H25N5O3/c1-23-21(28)18-11-14-5-6-15(12-17(14)25(18)2)27-9-10-30-19-13-16(24-20(19)27)22(29)26-7-3-4-8-26/h5-6,11-13,24H,3-4,7-10H2,1-2H3,(H,23,28). The summed E-state index contributed by atoms with van der Waals surface area (Å²) < 4.78 is 7.73. The van der Waals surface area contributed by atoms with E-state index in [0.717, 1.165) is 48.3 Å². The summed E-state index contributed by atoms with van der Waals surface area (Å²) in [4.78, 5) is 32.2. The van der Waals surface area contributed by atoms with Crippen molar-refractivity contribution in [1.29, 1.82) is 0 Å². The maximum Gasteiger partial charge on any atom is 0.270 e. The molecule has 1 aromatic carbocycles. The molecule has 0 unspecified atom stereocenters. The molecule has 2 aromatic heterocycles. The van der Waals surface area contributed by atoms with Crippen molar-refractivity contribution >= 4 is 34.2 Å². The number of nitrogens with one attached hydrogen (secondary N) is 2. The number of fused-ring (bicyclic) bond motifs is 2. The number of aryl methyl sites for hydroxylation is 1. The van der Waals surface area contributed by atoms with Gasteiger partial charge in [-0.25, -0.2) is 0 Å². The summed E-state index contributed by atoms with van der Waals surface area (Å²) in [6.07, 6.45) is 2.12. The summed E-state index contributed by atoms with van der Waals surface area (Å²) >= 11 is 0. The molecule has 2 aliphatic rings. The van der Waals surface area contributed by atoms with Gasteiger partial charge >= 0.3 is 0 Å². The number of benzene rings is 1. The zero-order valence-corrected chi connectivity index (χ0v) is 17.2. The van der Waals surface area contributed by atoms with Gasteiger partial charge in [0.25, 0.3) is 11.8 Å². The predicted molar refractivity (Wildman–Crippen MR) is 115 cm³/mol. The minimum Gasteiger partial charge on any atom is -0.488 e. The predicted octanol–water partition coefficient (Wildman–Crippen LogP) is 2.63. The molecule has 0 spiro atoms. The first kappa shape index (κ1) is 18.6. The van der Waals surface area contributed by atoms with Crippen LogP contribution in [0.15, 0.2) is 30.3 Å². The van der Waals surface area contributed by atoms with Gasteiger partial charge in [0.05, 0.1) is 12.1 Å². The van der Waals surface area contributed by atoms with Gasteiger partial charge in [0.15, 0.2) is 11.6 Å². The number of carbonyl (C=O) groups excluding carboxylic acids is 2. The molecule has 0 bridgehead atoms. The van der Waals surface area contributed by atoms with Gasteiger partial charge in [-0.3, -0.25) is 9.59 Å². The van der Waals surface area contributed by atoms with E-state index in [9.17, 15) is 9.59 Å². The van der Waals surface area contributed by atoms with Gasteiger partial charge in [0, 0.05) is 44.3 Å². The summed E-state index contributed by atoms with van der Waals surface area (Å²) in [6.45, 7) is 2.83. The largest absolute Gasteiger partial charge is 0.488 e. The molecular weight excluding hydrogens is 382 g/mol. The maximum atomic E-state index is 12.8. The van der Waals surface area contributed by atoms with E-state index in [0.29, 0.717) is 30.3 Å². The van der Waals surface area contributed by atoms with Crippen molar-refractivity contribution in [2.75, 3.05) is 38.2 Å². The number of carbonyl (C=O) groups is 2. The number of hydrogen-bond donors (Lipinski definition) is 2. The third kappa shape index (κ3) is 2.91. The van der Waals surface area contributed by atoms with Crippen molar-refractivity contribution in [3.05, 3.63) is 41.7 Å². The van der Waals surface area contributed by atoms with E-state index >= 15 is 0 Å². The second kappa shape index (κ2) is 7.12. The first-order valence-electron chi connectivity index (χ1n) is 10.3. The Hall–Kier alpha value is -3.42. The summed E-state index contributed by atoms with van der Waals surface area (Å²) in [5.74, 6) is 1.41. The lowest BCUT2D eigenvalue weighted by Crippen LogP contribution is -2.29. The minimum atomic E-state index is -0.113. The van der Waals surface area contributed by atoms with Crippen LogP contribution in [0.3, 0.4) is 0 Å². The van der Waals surface area contributed by atoms with Gasteiger partial charge < -0.3 is 29.4 Å². The summed E-state index contributed by atoms with van der Waals surface area (Å²) in [5, 5.41) is 3.69. The van der Waals surface area contributed by atoms with Crippen molar-refractivity contribution in [2.24, 2.45) is 7.05 Å². The van der Waals surface area contributed by atoms with E-state index in [1.165, 1.54) is 0 Å². The number of aromatic nitrogens is 2. The normalized spacial score (nSPS) is 15.9. The third-order valence-electron chi connectivity index (χ3n) is 6.03. The van der Waals surface area contributed by atoms with Gasteiger partial charge in [0.1, 0.15) is 18.0 Å². The highest BCUT2D eigenvalue weighted by Crippen LogP contribution is 2.38. The average Bonchev–Trinajstić information content (AvgIpc) is 3.51. The maximum absolute atomic E-state index is 12.8. The summed E-state index contributed by atoms with van der Waals surface area (Å²) in [5.41, 5.74) is 3.14. The Balaban J connectivity index is 1.51. The van der Waals surface area contributed by atoms with Crippen LogP contribution in [0.5, 0.6) is 5.75 Å². The highest BCUT2D eigenvalue weighted by molar-refractivity contribution is 5.99. The fraction of sp³-hybridized carbons (Fsp3) is 0.364. The van der Waals surface area contributed by atoms with Crippen LogP contribution in [0.25, 0.3) is 10.9 Å². The molecule has 1 fully saturated rings. The molecule has 156 valence electrons. The molecule has 3 aromatic rings. The second-order valence-corrected chi connectivity index (χ2v) is 7.81. The molecule has 8 heteroatoms. The van der Waals surface area contributed by atoms with Crippen LogP contribution in [0.2, 0.25) is 0 Å². The number of nitrogens with zero attached hydrogens (tertiary/aromatic N) is 3. The molecule has 0 saturated carbocycles. The van der Waals surface area contributed by atoms with Crippen LogP contribution < -0.4 is 15.0 Å². The van der Waals surface area contributed by atoms with Crippen LogP contribution in [-0.4, -0.2) is 59.6 Å². The number of H-pyrrole nitrogens is 1. The lowest BCUT2D eigenvalue weighted by atomic mass is 10.2. The topological polar surface area (TPSA) is 82.6 Å². The fourth-order valence-corrected chi connectivity index (χ4v) is 4.39. The third-order valence-corrected chi connectivity index (χ3v) is 6.03. The molecule has 5 rings (SSSR count). The smallest absolute Gasteiger partial charge is 0.270 e. The number of aromatic amines is 1. The number of hydrogen-bond acceptors (Lipinski definition) is 4. The van der Waals surface area contributed by atoms with Gasteiger partial charge in [-0.15, -0.1) is 0 Å². The molecular formula is C22H25N5O3. The van der Waals surface area contributed by atoms with Gasteiger partial charge in [0.2, 0.25) is 0 Å². The lowest BCUT2D eigenvalue weighted by molar-refractivity contribution is 0.0787.